The molecule has 6 heteroatoms. The summed E-state index contributed by atoms with van der Waals surface area (Å²) in [5, 5.41) is 6.59. The van der Waals surface area contributed by atoms with Crippen LogP contribution in [0.5, 0.6) is 5.75 Å². The number of aryl methyl sites for hydroxylation is 1. The molecule has 6 nitrogen and oxygen atoms in total. The van der Waals surface area contributed by atoms with Crippen LogP contribution >= 0.6 is 0 Å². The summed E-state index contributed by atoms with van der Waals surface area (Å²) in [5.41, 5.74) is 2.71. The third-order valence-electron chi connectivity index (χ3n) is 4.05. The fraction of sp³-hybridized carbons (Fsp3) is 0.111. The summed E-state index contributed by atoms with van der Waals surface area (Å²) in [7, 11) is 1.86. The van der Waals surface area contributed by atoms with Crippen LogP contribution in [0.2, 0.25) is 0 Å². The zero-order valence-corrected chi connectivity index (χ0v) is 13.0. The second kappa shape index (κ2) is 5.42. The molecule has 3 aromatic rings. The van der Waals surface area contributed by atoms with E-state index in [0.717, 1.165) is 10.9 Å². The lowest BCUT2D eigenvalue weighted by Crippen LogP contribution is -2.25. The maximum atomic E-state index is 12.6. The molecule has 2 amide bonds. The van der Waals surface area contributed by atoms with Gasteiger partial charge in [-0.25, -0.2) is 0 Å². The highest BCUT2D eigenvalue weighted by Gasteiger charge is 2.18. The van der Waals surface area contributed by atoms with Crippen molar-refractivity contribution in [2.75, 3.05) is 17.2 Å². The van der Waals surface area contributed by atoms with Gasteiger partial charge in [-0.3, -0.25) is 9.59 Å². The van der Waals surface area contributed by atoms with Gasteiger partial charge in [0, 0.05) is 23.6 Å². The second-order valence-corrected chi connectivity index (χ2v) is 5.65. The maximum absolute atomic E-state index is 12.6. The van der Waals surface area contributed by atoms with E-state index >= 15 is 0 Å². The predicted octanol–water partition coefficient (Wildman–Crippen LogP) is 2.76. The molecule has 120 valence electrons. The molecule has 1 aliphatic rings. The number of ether oxygens (including phenoxy) is 1. The number of nitrogens with one attached hydrogen (secondary N) is 2. The largest absolute Gasteiger partial charge is 0.482 e. The molecular weight excluding hydrogens is 306 g/mol. The first-order valence-electron chi connectivity index (χ1n) is 7.54. The topological polar surface area (TPSA) is 72.4 Å². The van der Waals surface area contributed by atoms with E-state index in [1.807, 2.05) is 41.9 Å². The molecule has 1 aromatic heterocycles. The number of para-hydroxylation sites is 1. The number of carbonyl (C=O) groups excluding carboxylic acids is 2. The van der Waals surface area contributed by atoms with Crippen LogP contribution in [0.1, 0.15) is 10.5 Å². The molecule has 0 bridgehead atoms. The molecule has 0 saturated carbocycles. The van der Waals surface area contributed by atoms with Crippen LogP contribution in [0.15, 0.2) is 48.5 Å². The molecule has 0 radical (unpaired) electrons. The molecule has 2 N–H and O–H groups in total. The highest BCUT2D eigenvalue weighted by molar-refractivity contribution is 6.07. The molecule has 0 aliphatic carbocycles. The van der Waals surface area contributed by atoms with Gasteiger partial charge in [0.2, 0.25) is 0 Å². The Balaban J connectivity index is 1.63. The van der Waals surface area contributed by atoms with Crippen molar-refractivity contribution in [3.05, 3.63) is 54.2 Å². The van der Waals surface area contributed by atoms with Gasteiger partial charge in [-0.15, -0.1) is 0 Å². The van der Waals surface area contributed by atoms with Crippen LogP contribution in [0.25, 0.3) is 10.9 Å². The molecule has 24 heavy (non-hydrogen) atoms. The third kappa shape index (κ3) is 2.38. The first kappa shape index (κ1) is 14.3. The number of rotatable bonds is 2. The average Bonchev–Trinajstić information content (AvgIpc) is 2.92. The summed E-state index contributed by atoms with van der Waals surface area (Å²) in [5.74, 6) is 0.175. The van der Waals surface area contributed by atoms with Crippen LogP contribution in [-0.2, 0) is 11.8 Å². The number of amides is 2. The number of aromatic nitrogens is 1. The maximum Gasteiger partial charge on any atom is 0.272 e. The van der Waals surface area contributed by atoms with Crippen molar-refractivity contribution in [2.24, 2.45) is 7.05 Å². The molecule has 1 aliphatic heterocycles. The molecule has 0 spiro atoms. The monoisotopic (exact) mass is 321 g/mol. The first-order chi connectivity index (χ1) is 11.6. The number of nitrogens with zero attached hydrogens (tertiary/aromatic N) is 1. The van der Waals surface area contributed by atoms with Crippen molar-refractivity contribution in [1.82, 2.24) is 4.57 Å². The van der Waals surface area contributed by atoms with E-state index in [2.05, 4.69) is 10.6 Å². The van der Waals surface area contributed by atoms with Crippen molar-refractivity contribution in [2.45, 2.75) is 0 Å². The van der Waals surface area contributed by atoms with E-state index in [0.29, 0.717) is 22.8 Å². The van der Waals surface area contributed by atoms with Gasteiger partial charge in [-0.05, 0) is 30.3 Å². The van der Waals surface area contributed by atoms with Crippen LogP contribution in [0.3, 0.4) is 0 Å². The average molecular weight is 321 g/mol. The Labute approximate surface area is 138 Å². The Kier molecular flexibility index (Phi) is 3.23. The summed E-state index contributed by atoms with van der Waals surface area (Å²) in [6.45, 7) is 0.00858. The highest BCUT2D eigenvalue weighted by atomic mass is 16.5. The standard InChI is InChI=1S/C18H15N3O3/c1-21-14-5-3-2-4-11(14)8-15(21)18(23)19-12-6-7-16-13(9-12)20-17(22)10-24-16/h2-9H,10H2,1H3,(H,19,23)(H,20,22). The van der Waals surface area contributed by atoms with Gasteiger partial charge in [-0.1, -0.05) is 18.2 Å². The number of benzene rings is 2. The molecule has 2 heterocycles. The normalized spacial score (nSPS) is 13.1. The third-order valence-corrected chi connectivity index (χ3v) is 4.05. The van der Waals surface area contributed by atoms with Crippen molar-refractivity contribution in [1.29, 1.82) is 0 Å². The molecule has 2 aromatic carbocycles. The van der Waals surface area contributed by atoms with E-state index < -0.39 is 0 Å². The van der Waals surface area contributed by atoms with E-state index in [1.54, 1.807) is 18.2 Å². The van der Waals surface area contributed by atoms with Gasteiger partial charge in [0.1, 0.15) is 11.4 Å². The molecule has 4 rings (SSSR count). The lowest BCUT2D eigenvalue weighted by molar-refractivity contribution is -0.118. The van der Waals surface area contributed by atoms with Crippen molar-refractivity contribution >= 4 is 34.1 Å². The lowest BCUT2D eigenvalue weighted by atomic mass is 10.2. The zero-order valence-electron chi connectivity index (χ0n) is 13.0. The summed E-state index contributed by atoms with van der Waals surface area (Å²) < 4.78 is 7.17. The van der Waals surface area contributed by atoms with Crippen LogP contribution in [0, 0.1) is 0 Å². The van der Waals surface area contributed by atoms with E-state index in [9.17, 15) is 9.59 Å². The van der Waals surface area contributed by atoms with Gasteiger partial charge < -0.3 is 19.9 Å². The lowest BCUT2D eigenvalue weighted by Gasteiger charge is -2.18. The Morgan fingerprint density at radius 2 is 2.04 bits per heavy atom. The van der Waals surface area contributed by atoms with Crippen LogP contribution in [-0.4, -0.2) is 23.0 Å². The fourth-order valence-electron chi connectivity index (χ4n) is 2.86. The minimum absolute atomic E-state index is 0.00858. The SMILES string of the molecule is Cn1c(C(=O)Nc2ccc3c(c2)NC(=O)CO3)cc2ccccc21. The number of fused-ring (bicyclic) bond motifs is 2. The van der Waals surface area contributed by atoms with Gasteiger partial charge in [0.15, 0.2) is 6.61 Å². The number of hydrogen-bond donors (Lipinski definition) is 2. The van der Waals surface area contributed by atoms with Crippen molar-refractivity contribution in [3.8, 4) is 5.75 Å². The number of anilines is 2. The minimum Gasteiger partial charge on any atom is -0.482 e. The van der Waals surface area contributed by atoms with Gasteiger partial charge in [-0.2, -0.15) is 0 Å². The van der Waals surface area contributed by atoms with Crippen LogP contribution < -0.4 is 15.4 Å². The summed E-state index contributed by atoms with van der Waals surface area (Å²) in [6.07, 6.45) is 0. The molecule has 0 fully saturated rings. The minimum atomic E-state index is -0.211. The number of hydrogen-bond acceptors (Lipinski definition) is 3. The van der Waals surface area contributed by atoms with Crippen molar-refractivity contribution in [3.63, 3.8) is 0 Å². The van der Waals surface area contributed by atoms with E-state index in [-0.39, 0.29) is 18.4 Å². The molecule has 0 unspecified atom stereocenters. The zero-order chi connectivity index (χ0) is 16.7. The first-order valence-corrected chi connectivity index (χ1v) is 7.54. The number of carbonyl (C=O) groups is 2. The molecule has 0 atom stereocenters. The molecular formula is C18H15N3O3. The second-order valence-electron chi connectivity index (χ2n) is 5.65. The smallest absolute Gasteiger partial charge is 0.272 e. The summed E-state index contributed by atoms with van der Waals surface area (Å²) in [6, 6.07) is 14.8. The van der Waals surface area contributed by atoms with Gasteiger partial charge >= 0.3 is 0 Å². The van der Waals surface area contributed by atoms with Gasteiger partial charge in [0.05, 0.1) is 5.69 Å². The van der Waals surface area contributed by atoms with Gasteiger partial charge in [0.25, 0.3) is 11.8 Å². The quantitative estimate of drug-likeness (QED) is 0.762. The van der Waals surface area contributed by atoms with E-state index in [1.165, 1.54) is 0 Å². The highest BCUT2D eigenvalue weighted by Crippen LogP contribution is 2.30. The van der Waals surface area contributed by atoms with Crippen LogP contribution in [0.4, 0.5) is 11.4 Å². The Bertz CT molecular complexity index is 975. The Morgan fingerprint density at radius 1 is 1.21 bits per heavy atom. The van der Waals surface area contributed by atoms with Crippen molar-refractivity contribution < 1.29 is 14.3 Å². The predicted molar refractivity (Wildman–Crippen MR) is 91.4 cm³/mol. The summed E-state index contributed by atoms with van der Waals surface area (Å²) >= 11 is 0. The molecule has 0 saturated heterocycles. The Morgan fingerprint density at radius 3 is 2.88 bits per heavy atom. The Hall–Kier alpha value is -3.28. The van der Waals surface area contributed by atoms with E-state index in [4.69, 9.17) is 4.74 Å². The fourth-order valence-corrected chi connectivity index (χ4v) is 2.86. The summed E-state index contributed by atoms with van der Waals surface area (Å²) in [4.78, 5) is 24.0.